The molecule has 1 heteroatoms. The minimum absolute atomic E-state index is 0.676. The molecule has 0 aliphatic heterocycles. The van der Waals surface area contributed by atoms with Crippen molar-refractivity contribution in [2.45, 2.75) is 6.92 Å². The van der Waals surface area contributed by atoms with Crippen LogP contribution < -0.4 is 0 Å². The molecule has 0 saturated carbocycles. The number of carbonyl (C=O) groups is 1. The van der Waals surface area contributed by atoms with E-state index in [9.17, 15) is 4.79 Å². The summed E-state index contributed by atoms with van der Waals surface area (Å²) < 4.78 is 0. The maximum Gasteiger partial charge on any atom is 0.149 e. The molecule has 0 saturated heterocycles. The lowest BCUT2D eigenvalue weighted by Crippen LogP contribution is -1.74. The average molecular weight is 122 g/mol. The molecule has 0 radical (unpaired) electrons. The van der Waals surface area contributed by atoms with E-state index in [-0.39, 0.29) is 0 Å². The van der Waals surface area contributed by atoms with Gasteiger partial charge in [-0.3, -0.25) is 4.79 Å². The van der Waals surface area contributed by atoms with E-state index in [0.717, 1.165) is 6.29 Å². The van der Waals surface area contributed by atoms with E-state index in [1.165, 1.54) is 0 Å². The summed E-state index contributed by atoms with van der Waals surface area (Å²) in [7, 11) is 0. The van der Waals surface area contributed by atoms with Crippen molar-refractivity contribution >= 4 is 6.29 Å². The lowest BCUT2D eigenvalue weighted by Gasteiger charge is -1.81. The van der Waals surface area contributed by atoms with Crippen molar-refractivity contribution < 1.29 is 4.79 Å². The van der Waals surface area contributed by atoms with E-state index < -0.39 is 0 Å². The molecule has 0 spiro atoms. The van der Waals surface area contributed by atoms with Crippen LogP contribution in [0.3, 0.4) is 0 Å². The minimum atomic E-state index is 0.676. The van der Waals surface area contributed by atoms with Crippen LogP contribution in [0.4, 0.5) is 0 Å². The van der Waals surface area contributed by atoms with Gasteiger partial charge in [0, 0.05) is 5.57 Å². The summed E-state index contributed by atoms with van der Waals surface area (Å²) in [6.45, 7) is 5.29. The van der Waals surface area contributed by atoms with Crippen LogP contribution in [0.2, 0.25) is 0 Å². The summed E-state index contributed by atoms with van der Waals surface area (Å²) in [4.78, 5) is 10.1. The van der Waals surface area contributed by atoms with E-state index in [0.29, 0.717) is 5.57 Å². The lowest BCUT2D eigenvalue weighted by molar-refractivity contribution is -0.104. The smallest absolute Gasteiger partial charge is 0.149 e. The van der Waals surface area contributed by atoms with Gasteiger partial charge in [-0.15, -0.1) is 0 Å². The Bertz CT molecular complexity index is 152. The van der Waals surface area contributed by atoms with Gasteiger partial charge in [0.2, 0.25) is 0 Å². The minimum Gasteiger partial charge on any atom is -0.298 e. The van der Waals surface area contributed by atoms with Crippen molar-refractivity contribution in [3.63, 3.8) is 0 Å². The normalized spacial score (nSPS) is 11.9. The Labute approximate surface area is 55.4 Å². The van der Waals surface area contributed by atoms with Crippen LogP contribution in [0, 0.1) is 0 Å². The fourth-order valence-electron chi connectivity index (χ4n) is 0.383. The summed E-state index contributed by atoms with van der Waals surface area (Å²) in [6.07, 6.45) is 7.61. The molecular formula is C8H10O. The molecule has 0 rings (SSSR count). The Morgan fingerprint density at radius 1 is 1.56 bits per heavy atom. The van der Waals surface area contributed by atoms with Crippen molar-refractivity contribution in [3.05, 3.63) is 36.5 Å². The molecule has 0 aromatic heterocycles. The monoisotopic (exact) mass is 122 g/mol. The van der Waals surface area contributed by atoms with E-state index in [1.54, 1.807) is 24.3 Å². The topological polar surface area (TPSA) is 17.1 Å². The highest BCUT2D eigenvalue weighted by atomic mass is 16.1. The Balaban J connectivity index is 3.99. The van der Waals surface area contributed by atoms with Crippen LogP contribution in [0.1, 0.15) is 6.92 Å². The zero-order valence-corrected chi connectivity index (χ0v) is 5.50. The van der Waals surface area contributed by atoms with Crippen LogP contribution in [-0.4, -0.2) is 6.29 Å². The van der Waals surface area contributed by atoms with Gasteiger partial charge in [-0.25, -0.2) is 0 Å². The van der Waals surface area contributed by atoms with Crippen molar-refractivity contribution in [1.82, 2.24) is 0 Å². The highest BCUT2D eigenvalue weighted by molar-refractivity contribution is 5.77. The van der Waals surface area contributed by atoms with Gasteiger partial charge in [-0.2, -0.15) is 0 Å². The quantitative estimate of drug-likeness (QED) is 0.317. The van der Waals surface area contributed by atoms with E-state index in [1.807, 2.05) is 6.92 Å². The van der Waals surface area contributed by atoms with Crippen LogP contribution >= 0.6 is 0 Å². The van der Waals surface area contributed by atoms with Crippen molar-refractivity contribution in [2.24, 2.45) is 0 Å². The molecule has 1 nitrogen and oxygen atoms in total. The number of hydrogen-bond acceptors (Lipinski definition) is 1. The highest BCUT2D eigenvalue weighted by Gasteiger charge is 1.80. The third-order valence-corrected chi connectivity index (χ3v) is 0.894. The molecule has 0 amide bonds. The second kappa shape index (κ2) is 5.04. The van der Waals surface area contributed by atoms with Gasteiger partial charge in [0.15, 0.2) is 0 Å². The second-order valence-corrected chi connectivity index (χ2v) is 1.50. The van der Waals surface area contributed by atoms with Gasteiger partial charge in [0.25, 0.3) is 0 Å². The van der Waals surface area contributed by atoms with Gasteiger partial charge in [-0.05, 0) is 6.92 Å². The standard InChI is InChI=1S/C8H10O/c1-3-5-6-8(4-2)7-9/h3-7H,1H2,2H3. The highest BCUT2D eigenvalue weighted by Crippen LogP contribution is 1.90. The van der Waals surface area contributed by atoms with Gasteiger partial charge in [0.1, 0.15) is 6.29 Å². The van der Waals surface area contributed by atoms with Crippen LogP contribution in [0.25, 0.3) is 0 Å². The number of aldehydes is 1. The molecule has 0 aromatic rings. The molecule has 0 bridgehead atoms. The SMILES string of the molecule is C=CC=CC(C=O)=CC. The Hall–Kier alpha value is -1.11. The number of carbonyl (C=O) groups excluding carboxylic acids is 1. The number of allylic oxidation sites excluding steroid dienone is 5. The lowest BCUT2D eigenvalue weighted by atomic mass is 10.2. The summed E-state index contributed by atoms with van der Waals surface area (Å²) >= 11 is 0. The molecule has 48 valence electrons. The predicted octanol–water partition coefficient (Wildman–Crippen LogP) is 1.87. The Morgan fingerprint density at radius 3 is 2.56 bits per heavy atom. The summed E-state index contributed by atoms with van der Waals surface area (Å²) in [5.74, 6) is 0. The second-order valence-electron chi connectivity index (χ2n) is 1.50. The molecule has 0 atom stereocenters. The van der Waals surface area contributed by atoms with E-state index >= 15 is 0 Å². The predicted molar refractivity (Wildman–Crippen MR) is 39.2 cm³/mol. The summed E-state index contributed by atoms with van der Waals surface area (Å²) in [5.41, 5.74) is 0.676. The van der Waals surface area contributed by atoms with Gasteiger partial charge < -0.3 is 0 Å². The van der Waals surface area contributed by atoms with Gasteiger partial charge in [-0.1, -0.05) is 30.9 Å². The van der Waals surface area contributed by atoms with Crippen LogP contribution in [0.15, 0.2) is 36.5 Å². The molecule has 0 fully saturated rings. The molecular weight excluding hydrogens is 112 g/mol. The van der Waals surface area contributed by atoms with Gasteiger partial charge in [0.05, 0.1) is 0 Å². The van der Waals surface area contributed by atoms with Crippen molar-refractivity contribution in [2.75, 3.05) is 0 Å². The molecule has 9 heavy (non-hydrogen) atoms. The number of rotatable bonds is 3. The zero-order chi connectivity index (χ0) is 7.11. The van der Waals surface area contributed by atoms with Gasteiger partial charge >= 0.3 is 0 Å². The first kappa shape index (κ1) is 7.89. The van der Waals surface area contributed by atoms with E-state index in [4.69, 9.17) is 0 Å². The third kappa shape index (κ3) is 3.47. The van der Waals surface area contributed by atoms with E-state index in [2.05, 4.69) is 6.58 Å². The van der Waals surface area contributed by atoms with Crippen molar-refractivity contribution in [1.29, 1.82) is 0 Å². The van der Waals surface area contributed by atoms with Crippen molar-refractivity contribution in [3.8, 4) is 0 Å². The third-order valence-electron chi connectivity index (χ3n) is 0.894. The first-order valence-electron chi connectivity index (χ1n) is 2.75. The zero-order valence-electron chi connectivity index (χ0n) is 5.50. The number of hydrogen-bond donors (Lipinski definition) is 0. The molecule has 0 aliphatic rings. The molecule has 0 unspecified atom stereocenters. The molecule has 0 heterocycles. The first-order chi connectivity index (χ1) is 4.35. The fourth-order valence-corrected chi connectivity index (χ4v) is 0.383. The van der Waals surface area contributed by atoms with Crippen LogP contribution in [0.5, 0.6) is 0 Å². The maximum atomic E-state index is 10.1. The Morgan fingerprint density at radius 2 is 2.22 bits per heavy atom. The Kier molecular flexibility index (Phi) is 4.41. The molecule has 0 aromatic carbocycles. The summed E-state index contributed by atoms with van der Waals surface area (Å²) in [5, 5.41) is 0. The molecule has 0 aliphatic carbocycles. The summed E-state index contributed by atoms with van der Waals surface area (Å²) in [6, 6.07) is 0. The fraction of sp³-hybridized carbons (Fsp3) is 0.125. The maximum absolute atomic E-state index is 10.1. The molecule has 0 N–H and O–H groups in total. The average Bonchev–Trinajstić information content (AvgIpc) is 1.91. The largest absolute Gasteiger partial charge is 0.298 e. The first-order valence-corrected chi connectivity index (χ1v) is 2.75. The van der Waals surface area contributed by atoms with Crippen LogP contribution in [-0.2, 0) is 4.79 Å².